The summed E-state index contributed by atoms with van der Waals surface area (Å²) < 4.78 is 5.30. The molecule has 0 aromatic heterocycles. The van der Waals surface area contributed by atoms with Crippen molar-refractivity contribution in [2.75, 3.05) is 27.7 Å². The van der Waals surface area contributed by atoms with Gasteiger partial charge in [0.05, 0.1) is 19.7 Å². The molecule has 120 valence electrons. The molecule has 0 atom stereocenters. The number of amides is 1. The Morgan fingerprint density at radius 1 is 1.41 bits per heavy atom. The number of carbonyl (C=O) groups excluding carboxylic acids is 1. The lowest BCUT2D eigenvalue weighted by Gasteiger charge is -2.30. The van der Waals surface area contributed by atoms with Gasteiger partial charge in [0.2, 0.25) is 5.91 Å². The number of halogens is 1. The van der Waals surface area contributed by atoms with E-state index in [0.717, 1.165) is 11.3 Å². The van der Waals surface area contributed by atoms with Gasteiger partial charge in [0.1, 0.15) is 11.3 Å². The molecule has 22 heavy (non-hydrogen) atoms. The van der Waals surface area contributed by atoms with Crippen molar-refractivity contribution in [1.29, 1.82) is 5.26 Å². The molecule has 1 rings (SSSR count). The summed E-state index contributed by atoms with van der Waals surface area (Å²) in [5.74, 6) is 0.615. The van der Waals surface area contributed by atoms with Gasteiger partial charge < -0.3 is 9.64 Å². The molecule has 1 amide bonds. The minimum Gasteiger partial charge on any atom is -0.496 e. The SMILES string of the molecule is COc1ccc(Cl)cc1CN(C)CC(=O)N(C)C(C)(C)C#N. The third-order valence-corrected chi connectivity index (χ3v) is 3.81. The Morgan fingerprint density at radius 3 is 2.59 bits per heavy atom. The van der Waals surface area contributed by atoms with Crippen LogP contribution in [-0.4, -0.2) is 49.0 Å². The third-order valence-electron chi connectivity index (χ3n) is 3.57. The highest BCUT2D eigenvalue weighted by atomic mass is 35.5. The van der Waals surface area contributed by atoms with Gasteiger partial charge in [-0.3, -0.25) is 9.69 Å². The molecule has 6 heteroatoms. The maximum Gasteiger partial charge on any atom is 0.237 e. The fourth-order valence-corrected chi connectivity index (χ4v) is 2.14. The molecular weight excluding hydrogens is 302 g/mol. The standard InChI is InChI=1S/C16H22ClN3O2/c1-16(2,11-18)20(4)15(21)10-19(3)9-12-8-13(17)6-7-14(12)22-5/h6-8H,9-10H2,1-5H3. The minimum atomic E-state index is -0.828. The van der Waals surface area contributed by atoms with Gasteiger partial charge in [-0.05, 0) is 39.1 Å². The van der Waals surface area contributed by atoms with Crippen LogP contribution in [0.5, 0.6) is 5.75 Å². The zero-order valence-corrected chi connectivity index (χ0v) is 14.4. The monoisotopic (exact) mass is 323 g/mol. The molecule has 0 aliphatic rings. The number of likely N-dealkylation sites (N-methyl/N-ethyl adjacent to an activating group) is 2. The topological polar surface area (TPSA) is 56.6 Å². The second kappa shape index (κ2) is 7.48. The summed E-state index contributed by atoms with van der Waals surface area (Å²) in [5.41, 5.74) is 0.0820. The van der Waals surface area contributed by atoms with Crippen molar-refractivity contribution in [1.82, 2.24) is 9.80 Å². The Morgan fingerprint density at radius 2 is 2.05 bits per heavy atom. The number of ether oxygens (including phenoxy) is 1. The predicted octanol–water partition coefficient (Wildman–Crippen LogP) is 2.54. The quantitative estimate of drug-likeness (QED) is 0.807. The summed E-state index contributed by atoms with van der Waals surface area (Å²) in [4.78, 5) is 15.6. The second-order valence-electron chi connectivity index (χ2n) is 5.75. The fourth-order valence-electron chi connectivity index (χ4n) is 1.94. The molecule has 0 radical (unpaired) electrons. The Balaban J connectivity index is 2.75. The van der Waals surface area contributed by atoms with E-state index in [1.54, 1.807) is 40.1 Å². The summed E-state index contributed by atoms with van der Waals surface area (Å²) in [6, 6.07) is 7.51. The van der Waals surface area contributed by atoms with Gasteiger partial charge in [-0.15, -0.1) is 0 Å². The number of carbonyl (C=O) groups is 1. The Hall–Kier alpha value is -1.77. The zero-order valence-electron chi connectivity index (χ0n) is 13.7. The number of benzene rings is 1. The van der Waals surface area contributed by atoms with Crippen LogP contribution in [0.1, 0.15) is 19.4 Å². The highest BCUT2D eigenvalue weighted by Crippen LogP contribution is 2.23. The van der Waals surface area contributed by atoms with E-state index in [1.165, 1.54) is 4.90 Å². The van der Waals surface area contributed by atoms with Crippen LogP contribution < -0.4 is 4.74 Å². The lowest BCUT2D eigenvalue weighted by molar-refractivity contribution is -0.134. The molecule has 0 fully saturated rings. The van der Waals surface area contributed by atoms with E-state index in [-0.39, 0.29) is 12.5 Å². The summed E-state index contributed by atoms with van der Waals surface area (Å²) in [7, 11) is 5.08. The second-order valence-corrected chi connectivity index (χ2v) is 6.19. The fraction of sp³-hybridized carbons (Fsp3) is 0.500. The molecule has 0 aliphatic heterocycles. The molecule has 0 heterocycles. The van der Waals surface area contributed by atoms with Crippen molar-refractivity contribution in [2.45, 2.75) is 25.9 Å². The van der Waals surface area contributed by atoms with E-state index in [4.69, 9.17) is 21.6 Å². The minimum absolute atomic E-state index is 0.116. The highest BCUT2D eigenvalue weighted by molar-refractivity contribution is 6.30. The van der Waals surface area contributed by atoms with Gasteiger partial charge in [-0.2, -0.15) is 5.26 Å². The summed E-state index contributed by atoms with van der Waals surface area (Å²) in [6.07, 6.45) is 0. The smallest absolute Gasteiger partial charge is 0.237 e. The van der Waals surface area contributed by atoms with Gasteiger partial charge in [0.15, 0.2) is 0 Å². The summed E-state index contributed by atoms with van der Waals surface area (Å²) >= 11 is 6.01. The number of nitrogens with zero attached hydrogens (tertiary/aromatic N) is 3. The summed E-state index contributed by atoms with van der Waals surface area (Å²) in [6.45, 7) is 4.16. The van der Waals surface area contributed by atoms with Crippen molar-refractivity contribution in [3.63, 3.8) is 0 Å². The third kappa shape index (κ3) is 4.62. The molecule has 0 unspecified atom stereocenters. The maximum atomic E-state index is 12.2. The van der Waals surface area contributed by atoms with Crippen LogP contribution in [0.2, 0.25) is 5.02 Å². The molecule has 0 saturated heterocycles. The largest absolute Gasteiger partial charge is 0.496 e. The van der Waals surface area contributed by atoms with E-state index in [9.17, 15) is 4.79 Å². The molecule has 1 aromatic rings. The predicted molar refractivity (Wildman–Crippen MR) is 86.8 cm³/mol. The summed E-state index contributed by atoms with van der Waals surface area (Å²) in [5, 5.41) is 9.72. The molecule has 1 aromatic carbocycles. The average molecular weight is 324 g/mol. The lowest BCUT2D eigenvalue weighted by Crippen LogP contribution is -2.47. The van der Waals surface area contributed by atoms with Crippen LogP contribution in [-0.2, 0) is 11.3 Å². The first-order valence-electron chi connectivity index (χ1n) is 6.90. The average Bonchev–Trinajstić information content (AvgIpc) is 2.46. The molecule has 0 saturated carbocycles. The molecule has 0 N–H and O–H groups in total. The van der Waals surface area contributed by atoms with Gasteiger partial charge in [0.25, 0.3) is 0 Å². The number of methoxy groups -OCH3 is 1. The van der Waals surface area contributed by atoms with Crippen LogP contribution in [0.25, 0.3) is 0 Å². The first kappa shape index (κ1) is 18.3. The van der Waals surface area contributed by atoms with Gasteiger partial charge in [0, 0.05) is 24.2 Å². The normalized spacial score (nSPS) is 11.2. The van der Waals surface area contributed by atoms with Crippen molar-refractivity contribution in [2.24, 2.45) is 0 Å². The number of nitriles is 1. The Bertz CT molecular complexity index is 581. The van der Waals surface area contributed by atoms with Gasteiger partial charge in [-0.25, -0.2) is 0 Å². The molecule has 0 bridgehead atoms. The van der Waals surface area contributed by atoms with E-state index in [1.807, 2.05) is 18.0 Å². The molecule has 5 nitrogen and oxygen atoms in total. The first-order chi connectivity index (χ1) is 10.2. The number of rotatable bonds is 6. The van der Waals surface area contributed by atoms with Crippen LogP contribution in [0.15, 0.2) is 18.2 Å². The Labute approximate surface area is 137 Å². The van der Waals surface area contributed by atoms with Crippen molar-refractivity contribution in [3.05, 3.63) is 28.8 Å². The van der Waals surface area contributed by atoms with Crippen molar-refractivity contribution in [3.8, 4) is 11.8 Å². The van der Waals surface area contributed by atoms with E-state index in [2.05, 4.69) is 6.07 Å². The lowest BCUT2D eigenvalue weighted by atomic mass is 10.1. The molecule has 0 spiro atoms. The Kier molecular flexibility index (Phi) is 6.21. The van der Waals surface area contributed by atoms with Crippen molar-refractivity contribution < 1.29 is 9.53 Å². The van der Waals surface area contributed by atoms with Gasteiger partial charge in [-0.1, -0.05) is 11.6 Å². The van der Waals surface area contributed by atoms with Crippen LogP contribution in [0, 0.1) is 11.3 Å². The zero-order chi connectivity index (χ0) is 16.9. The van der Waals surface area contributed by atoms with E-state index in [0.29, 0.717) is 11.6 Å². The first-order valence-corrected chi connectivity index (χ1v) is 7.28. The van der Waals surface area contributed by atoms with Crippen LogP contribution in [0.4, 0.5) is 0 Å². The highest BCUT2D eigenvalue weighted by Gasteiger charge is 2.27. The molecular formula is C16H22ClN3O2. The number of hydrogen-bond donors (Lipinski definition) is 0. The van der Waals surface area contributed by atoms with E-state index < -0.39 is 5.54 Å². The van der Waals surface area contributed by atoms with Gasteiger partial charge >= 0.3 is 0 Å². The van der Waals surface area contributed by atoms with Crippen LogP contribution in [0.3, 0.4) is 0 Å². The van der Waals surface area contributed by atoms with Crippen LogP contribution >= 0.6 is 11.6 Å². The van der Waals surface area contributed by atoms with E-state index >= 15 is 0 Å². The molecule has 0 aliphatic carbocycles. The number of hydrogen-bond acceptors (Lipinski definition) is 4. The van der Waals surface area contributed by atoms with Crippen molar-refractivity contribution >= 4 is 17.5 Å². The maximum absolute atomic E-state index is 12.2.